The second kappa shape index (κ2) is 7.75. The van der Waals surface area contributed by atoms with E-state index < -0.39 is 31.1 Å². The number of aromatic amines is 1. The Bertz CT molecular complexity index is 1350. The molecule has 1 fully saturated rings. The van der Waals surface area contributed by atoms with Gasteiger partial charge in [-0.1, -0.05) is 15.9 Å². The number of aliphatic hydroxyl groups excluding tert-OH is 3. The number of halogens is 1. The number of anilines is 1. The van der Waals surface area contributed by atoms with Crippen LogP contribution < -0.4 is 5.73 Å². The van der Waals surface area contributed by atoms with Crippen molar-refractivity contribution in [1.29, 1.82) is 0 Å². The van der Waals surface area contributed by atoms with Crippen molar-refractivity contribution in [2.75, 3.05) is 12.3 Å². The summed E-state index contributed by atoms with van der Waals surface area (Å²) in [5, 5.41) is 49.3. The Balaban J connectivity index is 1.65. The van der Waals surface area contributed by atoms with Gasteiger partial charge in [-0.25, -0.2) is 15.0 Å². The van der Waals surface area contributed by atoms with Crippen LogP contribution in [0.1, 0.15) is 6.23 Å². The smallest absolute Gasteiger partial charge is 0.254 e. The van der Waals surface area contributed by atoms with Gasteiger partial charge in [-0.3, -0.25) is 4.57 Å². The Labute approximate surface area is 187 Å². The predicted octanol–water partition coefficient (Wildman–Crippen LogP) is 1.38. The second-order valence-electron chi connectivity index (χ2n) is 7.15. The van der Waals surface area contributed by atoms with Crippen LogP contribution in [0.2, 0.25) is 0 Å². The summed E-state index contributed by atoms with van der Waals surface area (Å²) in [6.45, 7) is -0.507. The fourth-order valence-electron chi connectivity index (χ4n) is 3.64. The molecule has 14 heteroatoms. The van der Waals surface area contributed by atoms with Crippen molar-refractivity contribution in [1.82, 2.24) is 24.5 Å². The maximum atomic E-state index is 10.5. The number of aromatic nitrogens is 5. The number of nitrogens with two attached hydrogens (primary N) is 1. The zero-order valence-electron chi connectivity index (χ0n) is 16.2. The SMILES string of the molecule is Nc1ncnc2c1nc(N=Nc1c(O)[nH]c3ccc(Br)cc13)n2[C@@H]1O[C@H](CO)[C@@H](O)[C@@H]1O. The first kappa shape index (κ1) is 20.7. The minimum Gasteiger partial charge on any atom is -0.493 e. The van der Waals surface area contributed by atoms with Crippen molar-refractivity contribution < 1.29 is 25.2 Å². The maximum Gasteiger partial charge on any atom is 0.254 e. The number of ether oxygens (including phenoxy) is 1. The number of imidazole rings is 1. The maximum absolute atomic E-state index is 10.5. The van der Waals surface area contributed by atoms with E-state index in [2.05, 4.69) is 46.1 Å². The minimum absolute atomic E-state index is 0.0641. The first-order chi connectivity index (χ1) is 15.4. The van der Waals surface area contributed by atoms with Gasteiger partial charge in [0, 0.05) is 9.86 Å². The topological polar surface area (TPSA) is 200 Å². The second-order valence-corrected chi connectivity index (χ2v) is 8.07. The zero-order chi connectivity index (χ0) is 22.6. The number of nitrogens with zero attached hydrogens (tertiary/aromatic N) is 6. The molecule has 0 amide bonds. The molecule has 13 nitrogen and oxygen atoms in total. The Morgan fingerprint density at radius 1 is 1.22 bits per heavy atom. The van der Waals surface area contributed by atoms with Crippen LogP contribution in [0, 0.1) is 0 Å². The average Bonchev–Trinajstić information content (AvgIpc) is 3.38. The van der Waals surface area contributed by atoms with E-state index in [9.17, 15) is 20.4 Å². The largest absolute Gasteiger partial charge is 0.493 e. The highest BCUT2D eigenvalue weighted by atomic mass is 79.9. The number of hydrogen-bond acceptors (Lipinski definition) is 11. The van der Waals surface area contributed by atoms with Gasteiger partial charge in [-0.15, -0.1) is 10.2 Å². The number of aliphatic hydroxyl groups is 3. The lowest BCUT2D eigenvalue weighted by molar-refractivity contribution is -0.0503. The molecule has 0 saturated carbocycles. The molecule has 32 heavy (non-hydrogen) atoms. The summed E-state index contributed by atoms with van der Waals surface area (Å²) < 4.78 is 7.71. The molecule has 0 unspecified atom stereocenters. The molecule has 4 aromatic rings. The van der Waals surface area contributed by atoms with Crippen molar-refractivity contribution in [3.63, 3.8) is 0 Å². The molecule has 1 aliphatic heterocycles. The van der Waals surface area contributed by atoms with Gasteiger partial charge in [0.15, 0.2) is 28.9 Å². The summed E-state index contributed by atoms with van der Waals surface area (Å²) in [7, 11) is 0. The number of azo groups is 1. The Morgan fingerprint density at radius 3 is 2.78 bits per heavy atom. The molecule has 1 aromatic carbocycles. The molecule has 7 N–H and O–H groups in total. The Kier molecular flexibility index (Phi) is 5.02. The van der Waals surface area contributed by atoms with E-state index >= 15 is 0 Å². The van der Waals surface area contributed by atoms with E-state index in [1.807, 2.05) is 6.07 Å². The molecule has 1 saturated heterocycles. The van der Waals surface area contributed by atoms with Crippen LogP contribution in [-0.4, -0.2) is 69.8 Å². The molecule has 0 spiro atoms. The lowest BCUT2D eigenvalue weighted by Gasteiger charge is -2.17. The summed E-state index contributed by atoms with van der Waals surface area (Å²) in [6, 6.07) is 5.34. The molecule has 3 aromatic heterocycles. The molecule has 0 aliphatic carbocycles. The number of H-pyrrole nitrogens is 1. The van der Waals surface area contributed by atoms with E-state index in [4.69, 9.17) is 10.5 Å². The minimum atomic E-state index is -1.41. The van der Waals surface area contributed by atoms with Crippen LogP contribution in [-0.2, 0) is 4.74 Å². The average molecular weight is 505 g/mol. The number of fused-ring (bicyclic) bond motifs is 2. The molecular weight excluding hydrogens is 488 g/mol. The molecule has 1 aliphatic rings. The van der Waals surface area contributed by atoms with Crippen molar-refractivity contribution >= 4 is 55.5 Å². The Hall–Kier alpha value is -3.17. The molecule has 5 rings (SSSR count). The van der Waals surface area contributed by atoms with Gasteiger partial charge in [0.05, 0.1) is 12.1 Å². The number of nitrogen functional groups attached to an aromatic ring is 1. The zero-order valence-corrected chi connectivity index (χ0v) is 17.7. The predicted molar refractivity (Wildman–Crippen MR) is 115 cm³/mol. The van der Waals surface area contributed by atoms with E-state index in [-0.39, 0.29) is 34.5 Å². The highest BCUT2D eigenvalue weighted by Crippen LogP contribution is 2.39. The van der Waals surface area contributed by atoms with Gasteiger partial charge in [-0.05, 0) is 18.2 Å². The van der Waals surface area contributed by atoms with Gasteiger partial charge in [0.1, 0.15) is 24.6 Å². The normalized spacial score (nSPS) is 23.8. The van der Waals surface area contributed by atoms with Gasteiger partial charge in [-0.2, -0.15) is 0 Å². The number of aromatic hydroxyl groups is 1. The highest BCUT2D eigenvalue weighted by Gasteiger charge is 2.45. The van der Waals surface area contributed by atoms with E-state index in [0.717, 1.165) is 4.47 Å². The summed E-state index contributed by atoms with van der Waals surface area (Å²) >= 11 is 3.38. The van der Waals surface area contributed by atoms with E-state index in [0.29, 0.717) is 10.9 Å². The lowest BCUT2D eigenvalue weighted by atomic mass is 10.1. The van der Waals surface area contributed by atoms with Crippen LogP contribution >= 0.6 is 15.9 Å². The third-order valence-corrected chi connectivity index (χ3v) is 5.71. The summed E-state index contributed by atoms with van der Waals surface area (Å²) in [4.78, 5) is 15.2. The van der Waals surface area contributed by atoms with Crippen LogP contribution in [0.3, 0.4) is 0 Å². The van der Waals surface area contributed by atoms with Crippen molar-refractivity contribution in [2.24, 2.45) is 10.2 Å². The number of benzene rings is 1. The number of nitrogens with one attached hydrogen (secondary N) is 1. The third kappa shape index (κ3) is 3.20. The molecule has 166 valence electrons. The fourth-order valence-corrected chi connectivity index (χ4v) is 4.01. The Morgan fingerprint density at radius 2 is 2.03 bits per heavy atom. The van der Waals surface area contributed by atoms with Crippen molar-refractivity contribution in [2.45, 2.75) is 24.5 Å². The van der Waals surface area contributed by atoms with Gasteiger partial charge < -0.3 is 35.9 Å². The van der Waals surface area contributed by atoms with Crippen LogP contribution in [0.4, 0.5) is 17.5 Å². The fraction of sp³-hybridized carbons (Fsp3) is 0.278. The van der Waals surface area contributed by atoms with Crippen LogP contribution in [0.5, 0.6) is 5.88 Å². The summed E-state index contributed by atoms with van der Waals surface area (Å²) in [6.07, 6.45) is -3.75. The standard InChI is InChI=1S/C18H17BrN8O5/c19-6-1-2-8-7(3-6)10(16(31)23-8)25-26-18-24-11-14(20)21-5-22-15(11)27(18)17-13(30)12(29)9(4-28)32-17/h1-3,5,9,12-13,17,23,28-31H,4H2,(H2,20,21,22)/t9-,12-,13+,17-/m1/s1. The number of rotatable bonds is 4. The van der Waals surface area contributed by atoms with Crippen LogP contribution in [0.15, 0.2) is 39.2 Å². The van der Waals surface area contributed by atoms with Gasteiger partial charge in [0.25, 0.3) is 5.95 Å². The van der Waals surface area contributed by atoms with E-state index in [1.54, 1.807) is 12.1 Å². The number of hydrogen-bond donors (Lipinski definition) is 6. The highest BCUT2D eigenvalue weighted by molar-refractivity contribution is 9.10. The quantitative estimate of drug-likeness (QED) is 0.222. The molecule has 0 radical (unpaired) electrons. The van der Waals surface area contributed by atoms with Crippen molar-refractivity contribution in [3.05, 3.63) is 29.0 Å². The van der Waals surface area contributed by atoms with Gasteiger partial charge >= 0.3 is 0 Å². The van der Waals surface area contributed by atoms with E-state index in [1.165, 1.54) is 10.9 Å². The first-order valence-electron chi connectivity index (χ1n) is 9.42. The van der Waals surface area contributed by atoms with Gasteiger partial charge in [0.2, 0.25) is 5.88 Å². The monoisotopic (exact) mass is 504 g/mol. The molecule has 0 bridgehead atoms. The molecule has 4 heterocycles. The summed E-state index contributed by atoms with van der Waals surface area (Å²) in [5.41, 5.74) is 7.10. The van der Waals surface area contributed by atoms with Crippen LogP contribution in [0.25, 0.3) is 22.1 Å². The summed E-state index contributed by atoms with van der Waals surface area (Å²) in [5.74, 6) is -0.196. The first-order valence-corrected chi connectivity index (χ1v) is 10.2. The van der Waals surface area contributed by atoms with Crippen molar-refractivity contribution in [3.8, 4) is 5.88 Å². The lowest BCUT2D eigenvalue weighted by Crippen LogP contribution is -2.33. The third-order valence-electron chi connectivity index (χ3n) is 5.21. The molecular formula is C18H17BrN8O5. The molecule has 4 atom stereocenters.